The first kappa shape index (κ1) is 15.5. The molecule has 2 N–H and O–H groups in total. The fourth-order valence-electron chi connectivity index (χ4n) is 2.48. The fraction of sp³-hybridized carbons (Fsp3) is 0.667. The maximum absolute atomic E-state index is 12.2. The number of amides is 1. The fourth-order valence-corrected chi connectivity index (χ4v) is 3.36. The van der Waals surface area contributed by atoms with Crippen LogP contribution in [0.1, 0.15) is 37.1 Å². The van der Waals surface area contributed by atoms with E-state index in [1.807, 2.05) is 18.7 Å². The summed E-state index contributed by atoms with van der Waals surface area (Å²) in [5, 5.41) is 15.4. The van der Waals surface area contributed by atoms with Crippen LogP contribution in [0.3, 0.4) is 0 Å². The lowest BCUT2D eigenvalue weighted by Gasteiger charge is -2.29. The summed E-state index contributed by atoms with van der Waals surface area (Å²) in [6.07, 6.45) is 2.37. The molecule has 1 amide bonds. The largest absolute Gasteiger partial charge is 0.389 e. The average molecular weight is 296 g/mol. The minimum absolute atomic E-state index is 0.122. The Labute approximate surface area is 124 Å². The number of rotatable bonds is 6. The Bertz CT molecular complexity index is 454. The van der Waals surface area contributed by atoms with Gasteiger partial charge < -0.3 is 15.3 Å². The maximum atomic E-state index is 12.2. The van der Waals surface area contributed by atoms with Gasteiger partial charge in [0, 0.05) is 24.5 Å². The van der Waals surface area contributed by atoms with Crippen LogP contribution in [0.5, 0.6) is 0 Å². The van der Waals surface area contributed by atoms with E-state index in [9.17, 15) is 9.90 Å². The highest BCUT2D eigenvalue weighted by Gasteiger charge is 2.24. The van der Waals surface area contributed by atoms with Gasteiger partial charge in [-0.25, -0.2) is 0 Å². The lowest BCUT2D eigenvalue weighted by molar-refractivity contribution is -0.131. The van der Waals surface area contributed by atoms with Crippen LogP contribution in [0.15, 0.2) is 11.4 Å². The molecule has 2 rings (SSSR count). The summed E-state index contributed by atoms with van der Waals surface area (Å²) in [4.78, 5) is 15.5. The van der Waals surface area contributed by atoms with Crippen molar-refractivity contribution in [3.63, 3.8) is 0 Å². The van der Waals surface area contributed by atoms with Crippen LogP contribution in [0.25, 0.3) is 0 Å². The van der Waals surface area contributed by atoms with E-state index < -0.39 is 5.60 Å². The highest BCUT2D eigenvalue weighted by atomic mass is 32.1. The van der Waals surface area contributed by atoms with Crippen molar-refractivity contribution < 1.29 is 9.90 Å². The van der Waals surface area contributed by atoms with Gasteiger partial charge in [-0.2, -0.15) is 0 Å². The van der Waals surface area contributed by atoms with Crippen molar-refractivity contribution in [2.24, 2.45) is 0 Å². The van der Waals surface area contributed by atoms with Gasteiger partial charge in [-0.1, -0.05) is 13.8 Å². The van der Waals surface area contributed by atoms with Crippen LogP contribution in [0, 0.1) is 0 Å². The third kappa shape index (κ3) is 3.59. The molecule has 0 bridgehead atoms. The van der Waals surface area contributed by atoms with Crippen LogP contribution in [0.4, 0.5) is 0 Å². The first-order valence-corrected chi connectivity index (χ1v) is 8.22. The molecule has 0 radical (unpaired) electrons. The molecule has 0 saturated heterocycles. The van der Waals surface area contributed by atoms with Crippen LogP contribution >= 0.6 is 11.3 Å². The number of carbonyl (C=O) groups is 1. The highest BCUT2D eigenvalue weighted by Crippen LogP contribution is 2.23. The zero-order chi connectivity index (χ0) is 14.6. The Morgan fingerprint density at radius 2 is 2.25 bits per heavy atom. The Morgan fingerprint density at radius 3 is 2.95 bits per heavy atom. The molecule has 0 aliphatic carbocycles. The molecule has 2 heterocycles. The third-order valence-electron chi connectivity index (χ3n) is 4.21. The van der Waals surface area contributed by atoms with Crippen molar-refractivity contribution >= 4 is 17.2 Å². The first-order chi connectivity index (χ1) is 9.58. The van der Waals surface area contributed by atoms with Gasteiger partial charge in [-0.05, 0) is 36.3 Å². The van der Waals surface area contributed by atoms with Gasteiger partial charge in [-0.3, -0.25) is 4.79 Å². The second-order valence-corrected chi connectivity index (χ2v) is 6.47. The number of nitrogens with zero attached hydrogens (tertiary/aromatic N) is 1. The lowest BCUT2D eigenvalue weighted by atomic mass is 9.98. The molecule has 0 fully saturated rings. The molecule has 1 aromatic heterocycles. The Kier molecular flexibility index (Phi) is 5.18. The maximum Gasteiger partial charge on any atom is 0.236 e. The standard InChI is InChI=1S/C15H24N2O2S/c1-3-15(19,4-2)11-16-9-14(18)17-7-5-13-12(10-17)6-8-20-13/h6,8,16,19H,3-5,7,9-11H2,1-2H3. The summed E-state index contributed by atoms with van der Waals surface area (Å²) in [5.74, 6) is 0.122. The first-order valence-electron chi connectivity index (χ1n) is 7.34. The molecule has 1 aromatic rings. The zero-order valence-electron chi connectivity index (χ0n) is 12.3. The predicted octanol–water partition coefficient (Wildman–Crippen LogP) is 1.77. The van der Waals surface area contributed by atoms with Crippen LogP contribution in [-0.2, 0) is 17.8 Å². The number of thiophene rings is 1. The zero-order valence-corrected chi connectivity index (χ0v) is 13.1. The normalized spacial score (nSPS) is 15.2. The molecule has 4 nitrogen and oxygen atoms in total. The number of fused-ring (bicyclic) bond motifs is 1. The number of nitrogens with one attached hydrogen (secondary N) is 1. The third-order valence-corrected chi connectivity index (χ3v) is 5.23. The van der Waals surface area contributed by atoms with Crippen LogP contribution in [-0.4, -0.2) is 41.1 Å². The van der Waals surface area contributed by atoms with Gasteiger partial charge >= 0.3 is 0 Å². The average Bonchev–Trinajstić information content (AvgIpc) is 2.94. The van der Waals surface area contributed by atoms with E-state index in [2.05, 4.69) is 16.8 Å². The highest BCUT2D eigenvalue weighted by molar-refractivity contribution is 7.10. The van der Waals surface area contributed by atoms with E-state index in [0.29, 0.717) is 25.9 Å². The topological polar surface area (TPSA) is 52.6 Å². The number of carbonyl (C=O) groups excluding carboxylic acids is 1. The summed E-state index contributed by atoms with van der Waals surface area (Å²) < 4.78 is 0. The van der Waals surface area contributed by atoms with Gasteiger partial charge in [0.15, 0.2) is 0 Å². The van der Waals surface area contributed by atoms with Crippen molar-refractivity contribution in [1.29, 1.82) is 0 Å². The second-order valence-electron chi connectivity index (χ2n) is 5.47. The van der Waals surface area contributed by atoms with Crippen molar-refractivity contribution in [2.75, 3.05) is 19.6 Å². The van der Waals surface area contributed by atoms with Gasteiger partial charge in [0.05, 0.1) is 12.1 Å². The molecule has 0 aromatic carbocycles. The molecule has 5 heteroatoms. The SMILES string of the molecule is CCC(O)(CC)CNCC(=O)N1CCc2sccc2C1. The molecule has 0 spiro atoms. The number of hydrogen-bond acceptors (Lipinski definition) is 4. The molecule has 20 heavy (non-hydrogen) atoms. The van der Waals surface area contributed by atoms with E-state index in [1.54, 1.807) is 11.3 Å². The second kappa shape index (κ2) is 6.70. The summed E-state index contributed by atoms with van der Waals surface area (Å²) in [6.45, 7) is 6.25. The van der Waals surface area contributed by atoms with Gasteiger partial charge in [0.1, 0.15) is 0 Å². The summed E-state index contributed by atoms with van der Waals surface area (Å²) >= 11 is 1.78. The molecular formula is C15H24N2O2S. The predicted molar refractivity (Wildman–Crippen MR) is 81.8 cm³/mol. The molecule has 0 saturated carbocycles. The van der Waals surface area contributed by atoms with Crippen molar-refractivity contribution in [3.05, 3.63) is 21.9 Å². The smallest absolute Gasteiger partial charge is 0.236 e. The summed E-state index contributed by atoms with van der Waals surface area (Å²) in [7, 11) is 0. The Morgan fingerprint density at radius 1 is 1.50 bits per heavy atom. The number of aliphatic hydroxyl groups is 1. The summed E-state index contributed by atoms with van der Waals surface area (Å²) in [5.41, 5.74) is 0.594. The van der Waals surface area contributed by atoms with Crippen molar-refractivity contribution in [1.82, 2.24) is 10.2 Å². The van der Waals surface area contributed by atoms with E-state index in [4.69, 9.17) is 0 Å². The van der Waals surface area contributed by atoms with Gasteiger partial charge in [0.25, 0.3) is 0 Å². The van der Waals surface area contributed by atoms with E-state index in [-0.39, 0.29) is 5.91 Å². The van der Waals surface area contributed by atoms with Crippen molar-refractivity contribution in [2.45, 2.75) is 45.3 Å². The van der Waals surface area contributed by atoms with E-state index in [1.165, 1.54) is 10.4 Å². The lowest BCUT2D eigenvalue weighted by Crippen LogP contribution is -2.45. The van der Waals surface area contributed by atoms with Gasteiger partial charge in [-0.15, -0.1) is 11.3 Å². The molecule has 1 aliphatic rings. The number of hydrogen-bond donors (Lipinski definition) is 2. The molecule has 0 atom stereocenters. The van der Waals surface area contributed by atoms with Crippen LogP contribution in [0.2, 0.25) is 0 Å². The van der Waals surface area contributed by atoms with Crippen LogP contribution < -0.4 is 5.32 Å². The van der Waals surface area contributed by atoms with Gasteiger partial charge in [0.2, 0.25) is 5.91 Å². The minimum atomic E-state index is -0.692. The Hall–Kier alpha value is -0.910. The molecule has 0 unspecified atom stereocenters. The Balaban J connectivity index is 1.79. The molecule has 112 valence electrons. The van der Waals surface area contributed by atoms with E-state index in [0.717, 1.165) is 19.5 Å². The summed E-state index contributed by atoms with van der Waals surface area (Å²) in [6, 6.07) is 2.11. The molecule has 1 aliphatic heterocycles. The molecular weight excluding hydrogens is 272 g/mol. The monoisotopic (exact) mass is 296 g/mol. The van der Waals surface area contributed by atoms with E-state index >= 15 is 0 Å². The quantitative estimate of drug-likeness (QED) is 0.841. The minimum Gasteiger partial charge on any atom is -0.389 e. The van der Waals surface area contributed by atoms with Crippen molar-refractivity contribution in [3.8, 4) is 0 Å².